The van der Waals surface area contributed by atoms with Crippen molar-refractivity contribution in [2.45, 2.75) is 51.1 Å². The van der Waals surface area contributed by atoms with Crippen LogP contribution in [0.1, 0.15) is 38.2 Å². The van der Waals surface area contributed by atoms with Gasteiger partial charge in [-0.25, -0.2) is 0 Å². The van der Waals surface area contributed by atoms with Crippen LogP contribution >= 0.6 is 0 Å². The summed E-state index contributed by atoms with van der Waals surface area (Å²) in [4.78, 5) is 12.0. The van der Waals surface area contributed by atoms with Gasteiger partial charge in [-0.15, -0.1) is 0 Å². The van der Waals surface area contributed by atoms with Crippen LogP contribution in [0.15, 0.2) is 24.3 Å². The Morgan fingerprint density at radius 3 is 2.50 bits per heavy atom. The molecule has 0 atom stereocenters. The fourth-order valence-electron chi connectivity index (χ4n) is 2.84. The molecule has 4 nitrogen and oxygen atoms in total. The average molecular weight is 276 g/mol. The molecular formula is C16H24N2O2. The van der Waals surface area contributed by atoms with E-state index < -0.39 is 0 Å². The van der Waals surface area contributed by atoms with Crippen molar-refractivity contribution in [2.75, 3.05) is 6.54 Å². The lowest BCUT2D eigenvalue weighted by Gasteiger charge is -2.29. The Morgan fingerprint density at radius 2 is 1.85 bits per heavy atom. The summed E-state index contributed by atoms with van der Waals surface area (Å²) in [5.74, 6) is 0.192. The van der Waals surface area contributed by atoms with E-state index in [-0.39, 0.29) is 24.1 Å². The highest BCUT2D eigenvalue weighted by Crippen LogP contribution is 2.20. The normalized spacial score (nSPS) is 22.4. The van der Waals surface area contributed by atoms with Crippen LogP contribution in [0, 0.1) is 0 Å². The van der Waals surface area contributed by atoms with Crippen molar-refractivity contribution in [3.8, 4) is 5.75 Å². The van der Waals surface area contributed by atoms with Crippen molar-refractivity contribution in [3.05, 3.63) is 29.8 Å². The van der Waals surface area contributed by atoms with Gasteiger partial charge < -0.3 is 15.7 Å². The maximum absolute atomic E-state index is 12.0. The fourth-order valence-corrected chi connectivity index (χ4v) is 2.84. The summed E-state index contributed by atoms with van der Waals surface area (Å²) in [6.07, 6.45) is 4.55. The van der Waals surface area contributed by atoms with Gasteiger partial charge in [0, 0.05) is 17.6 Å². The molecule has 0 aliphatic heterocycles. The van der Waals surface area contributed by atoms with Gasteiger partial charge in [-0.2, -0.15) is 0 Å². The SMILES string of the molecule is CCNC1CCC(NC(=O)Cc2ccccc2O)CC1. The van der Waals surface area contributed by atoms with Gasteiger partial charge in [0.05, 0.1) is 6.42 Å². The van der Waals surface area contributed by atoms with E-state index in [1.165, 1.54) is 0 Å². The molecule has 3 N–H and O–H groups in total. The maximum Gasteiger partial charge on any atom is 0.224 e. The molecule has 0 aromatic heterocycles. The highest BCUT2D eigenvalue weighted by atomic mass is 16.3. The third-order valence-corrected chi connectivity index (χ3v) is 3.93. The second-order valence-electron chi connectivity index (χ2n) is 5.48. The average Bonchev–Trinajstić information content (AvgIpc) is 2.44. The van der Waals surface area contributed by atoms with Crippen LogP contribution in [0.5, 0.6) is 5.75 Å². The molecule has 1 aliphatic rings. The molecule has 20 heavy (non-hydrogen) atoms. The third-order valence-electron chi connectivity index (χ3n) is 3.93. The molecule has 1 saturated carbocycles. The maximum atomic E-state index is 12.0. The first-order valence-corrected chi connectivity index (χ1v) is 7.48. The lowest BCUT2D eigenvalue weighted by Crippen LogP contribution is -2.42. The molecule has 1 fully saturated rings. The first-order chi connectivity index (χ1) is 9.69. The number of amides is 1. The number of aromatic hydroxyl groups is 1. The summed E-state index contributed by atoms with van der Waals surface area (Å²) in [6.45, 7) is 3.13. The number of rotatable bonds is 5. The first-order valence-electron chi connectivity index (χ1n) is 7.48. The Morgan fingerprint density at radius 1 is 1.20 bits per heavy atom. The number of benzene rings is 1. The van der Waals surface area contributed by atoms with E-state index in [1.54, 1.807) is 18.2 Å². The van der Waals surface area contributed by atoms with Gasteiger partial charge in [0.15, 0.2) is 0 Å². The van der Waals surface area contributed by atoms with Crippen LogP contribution in [0.25, 0.3) is 0 Å². The van der Waals surface area contributed by atoms with Crippen molar-refractivity contribution >= 4 is 5.91 Å². The predicted molar refractivity (Wildman–Crippen MR) is 79.7 cm³/mol. The minimum absolute atomic E-state index is 0.00148. The quantitative estimate of drug-likeness (QED) is 0.770. The molecule has 2 rings (SSSR count). The Kier molecular flexibility index (Phi) is 5.41. The largest absolute Gasteiger partial charge is 0.508 e. The minimum Gasteiger partial charge on any atom is -0.508 e. The van der Waals surface area contributed by atoms with Gasteiger partial charge in [-0.1, -0.05) is 25.1 Å². The first kappa shape index (κ1) is 14.9. The lowest BCUT2D eigenvalue weighted by molar-refractivity contribution is -0.121. The highest BCUT2D eigenvalue weighted by molar-refractivity contribution is 5.79. The molecular weight excluding hydrogens is 252 g/mol. The summed E-state index contributed by atoms with van der Waals surface area (Å²) in [5.41, 5.74) is 0.686. The van der Waals surface area contributed by atoms with Crippen LogP contribution in [0.3, 0.4) is 0 Å². The van der Waals surface area contributed by atoms with Crippen LogP contribution in [-0.4, -0.2) is 29.6 Å². The summed E-state index contributed by atoms with van der Waals surface area (Å²) in [5, 5.41) is 16.2. The van der Waals surface area contributed by atoms with Crippen molar-refractivity contribution in [2.24, 2.45) is 0 Å². The summed E-state index contributed by atoms with van der Waals surface area (Å²) in [6, 6.07) is 7.89. The highest BCUT2D eigenvalue weighted by Gasteiger charge is 2.21. The van der Waals surface area contributed by atoms with E-state index in [4.69, 9.17) is 0 Å². The Labute approximate surface area is 120 Å². The van der Waals surface area contributed by atoms with Gasteiger partial charge >= 0.3 is 0 Å². The number of nitrogens with one attached hydrogen (secondary N) is 2. The van der Waals surface area contributed by atoms with Crippen molar-refractivity contribution < 1.29 is 9.90 Å². The van der Waals surface area contributed by atoms with E-state index in [1.807, 2.05) is 6.07 Å². The summed E-state index contributed by atoms with van der Waals surface area (Å²) < 4.78 is 0. The minimum atomic E-state index is -0.00148. The number of phenols is 1. The van der Waals surface area contributed by atoms with Gasteiger partial charge in [0.1, 0.15) is 5.75 Å². The lowest BCUT2D eigenvalue weighted by atomic mass is 9.91. The summed E-state index contributed by atoms with van der Waals surface area (Å²) in [7, 11) is 0. The van der Waals surface area contributed by atoms with Crippen LogP contribution in [-0.2, 0) is 11.2 Å². The molecule has 0 bridgehead atoms. The molecule has 0 unspecified atom stereocenters. The van der Waals surface area contributed by atoms with Crippen molar-refractivity contribution in [1.82, 2.24) is 10.6 Å². The van der Waals surface area contributed by atoms with Gasteiger partial charge in [0.25, 0.3) is 0 Å². The molecule has 1 amide bonds. The van der Waals surface area contributed by atoms with E-state index in [0.29, 0.717) is 11.6 Å². The van der Waals surface area contributed by atoms with Crippen molar-refractivity contribution in [1.29, 1.82) is 0 Å². The van der Waals surface area contributed by atoms with Crippen LogP contribution in [0.2, 0.25) is 0 Å². The van der Waals surface area contributed by atoms with Crippen molar-refractivity contribution in [3.63, 3.8) is 0 Å². The third kappa shape index (κ3) is 4.23. The monoisotopic (exact) mass is 276 g/mol. The zero-order valence-electron chi connectivity index (χ0n) is 12.1. The second kappa shape index (κ2) is 7.29. The number of hydrogen-bond donors (Lipinski definition) is 3. The fraction of sp³-hybridized carbons (Fsp3) is 0.562. The number of carbonyl (C=O) groups excluding carboxylic acids is 1. The van der Waals surface area contributed by atoms with Gasteiger partial charge in [0.2, 0.25) is 5.91 Å². The molecule has 0 spiro atoms. The van der Waals surface area contributed by atoms with E-state index in [0.717, 1.165) is 32.2 Å². The molecule has 1 aliphatic carbocycles. The predicted octanol–water partition coefficient (Wildman–Crippen LogP) is 1.97. The smallest absolute Gasteiger partial charge is 0.224 e. The van der Waals surface area contributed by atoms with E-state index in [9.17, 15) is 9.90 Å². The van der Waals surface area contributed by atoms with Crippen LogP contribution < -0.4 is 10.6 Å². The Balaban J connectivity index is 1.77. The molecule has 1 aromatic rings. The molecule has 0 saturated heterocycles. The molecule has 4 heteroatoms. The Hall–Kier alpha value is -1.55. The number of phenolic OH excluding ortho intramolecular Hbond substituents is 1. The van der Waals surface area contributed by atoms with Crippen LogP contribution in [0.4, 0.5) is 0 Å². The van der Waals surface area contributed by atoms with Gasteiger partial charge in [-0.3, -0.25) is 4.79 Å². The van der Waals surface area contributed by atoms with E-state index >= 15 is 0 Å². The van der Waals surface area contributed by atoms with Gasteiger partial charge in [-0.05, 0) is 38.3 Å². The standard InChI is InChI=1S/C16H24N2O2/c1-2-17-13-7-9-14(10-8-13)18-16(20)11-12-5-3-4-6-15(12)19/h3-6,13-14,17,19H,2,7-11H2,1H3,(H,18,20). The zero-order chi connectivity index (χ0) is 14.4. The molecule has 0 radical (unpaired) electrons. The Bertz CT molecular complexity index is 440. The number of carbonyl (C=O) groups is 1. The molecule has 0 heterocycles. The molecule has 110 valence electrons. The number of para-hydroxylation sites is 1. The zero-order valence-corrected chi connectivity index (χ0v) is 12.1. The topological polar surface area (TPSA) is 61.4 Å². The summed E-state index contributed by atoms with van der Waals surface area (Å²) >= 11 is 0. The number of hydrogen-bond acceptors (Lipinski definition) is 3. The second-order valence-corrected chi connectivity index (χ2v) is 5.48. The molecule has 1 aromatic carbocycles. The van der Waals surface area contributed by atoms with E-state index in [2.05, 4.69) is 17.6 Å².